The highest BCUT2D eigenvalue weighted by Gasteiger charge is 2.21. The molecule has 0 saturated carbocycles. The summed E-state index contributed by atoms with van der Waals surface area (Å²) in [5.41, 5.74) is 4.18. The van der Waals surface area contributed by atoms with E-state index in [1.165, 1.54) is 0 Å². The van der Waals surface area contributed by atoms with Gasteiger partial charge in [0.25, 0.3) is 0 Å². The number of benzene rings is 2. The fourth-order valence-corrected chi connectivity index (χ4v) is 3.59. The Morgan fingerprint density at radius 1 is 1.23 bits per heavy atom. The molecule has 1 aromatic heterocycles. The van der Waals surface area contributed by atoms with E-state index in [2.05, 4.69) is 20.9 Å². The molecule has 0 aliphatic rings. The second kappa shape index (κ2) is 7.60. The van der Waals surface area contributed by atoms with Crippen molar-refractivity contribution in [2.45, 2.75) is 20.3 Å². The lowest BCUT2D eigenvalue weighted by molar-refractivity contribution is -0.130. The zero-order valence-corrected chi connectivity index (χ0v) is 16.7. The van der Waals surface area contributed by atoms with E-state index < -0.39 is 5.97 Å². The summed E-state index contributed by atoms with van der Waals surface area (Å²) in [6.07, 6.45) is 2.35. The molecular formula is C21H17BrClNO2. The Bertz CT molecular complexity index is 1030. The predicted octanol–water partition coefficient (Wildman–Crippen LogP) is 6.50. The highest BCUT2D eigenvalue weighted by Crippen LogP contribution is 2.38. The molecule has 0 unspecified atom stereocenters. The minimum atomic E-state index is -0.957. The van der Waals surface area contributed by atoms with E-state index in [4.69, 9.17) is 11.6 Å². The topological polar surface area (TPSA) is 50.2 Å². The summed E-state index contributed by atoms with van der Waals surface area (Å²) in [6, 6.07) is 13.3. The van der Waals surface area contributed by atoms with Gasteiger partial charge in [-0.25, -0.2) is 4.79 Å². The number of carboxylic acid groups (broad SMARTS) is 1. The average Bonchev–Trinajstić information content (AvgIpc) is 2.60. The Morgan fingerprint density at radius 3 is 2.54 bits per heavy atom. The Morgan fingerprint density at radius 2 is 1.92 bits per heavy atom. The maximum Gasteiger partial charge on any atom is 0.336 e. The molecule has 0 radical (unpaired) electrons. The monoisotopic (exact) mass is 429 g/mol. The molecule has 1 N–H and O–H groups in total. The molecule has 0 amide bonds. The van der Waals surface area contributed by atoms with E-state index in [1.807, 2.05) is 56.3 Å². The molecule has 0 atom stereocenters. The van der Waals surface area contributed by atoms with Crippen LogP contribution in [-0.4, -0.2) is 16.1 Å². The lowest BCUT2D eigenvalue weighted by Crippen LogP contribution is -2.06. The molecule has 1 heterocycles. The van der Waals surface area contributed by atoms with Crippen LogP contribution in [0.3, 0.4) is 0 Å². The van der Waals surface area contributed by atoms with Gasteiger partial charge in [-0.1, -0.05) is 52.7 Å². The second-order valence-corrected chi connectivity index (χ2v) is 7.30. The summed E-state index contributed by atoms with van der Waals surface area (Å²) in [5, 5.41) is 11.3. The Hall–Kier alpha value is -2.17. The third-order valence-corrected chi connectivity index (χ3v) is 4.91. The Kier molecular flexibility index (Phi) is 5.44. The SMILES string of the molecule is CCC=C(C(=O)O)c1c(C)nc2ccc(Br)cc2c1-c1ccc(Cl)cc1. The number of hydrogen-bond acceptors (Lipinski definition) is 2. The van der Waals surface area contributed by atoms with Gasteiger partial charge in [0.1, 0.15) is 0 Å². The maximum atomic E-state index is 12.0. The van der Waals surface area contributed by atoms with Crippen LogP contribution < -0.4 is 0 Å². The van der Waals surface area contributed by atoms with Crippen molar-refractivity contribution in [2.75, 3.05) is 0 Å². The van der Waals surface area contributed by atoms with Gasteiger partial charge in [-0.15, -0.1) is 0 Å². The summed E-state index contributed by atoms with van der Waals surface area (Å²) in [4.78, 5) is 16.6. The zero-order valence-electron chi connectivity index (χ0n) is 14.4. The molecule has 132 valence electrons. The van der Waals surface area contributed by atoms with Gasteiger partial charge in [-0.2, -0.15) is 0 Å². The van der Waals surface area contributed by atoms with Gasteiger partial charge in [0.05, 0.1) is 11.1 Å². The number of allylic oxidation sites excluding steroid dienone is 1. The number of carboxylic acids is 1. The van der Waals surface area contributed by atoms with Crippen molar-refractivity contribution in [3.05, 3.63) is 69.3 Å². The third kappa shape index (κ3) is 3.53. The van der Waals surface area contributed by atoms with Crippen LogP contribution in [-0.2, 0) is 4.79 Å². The summed E-state index contributed by atoms with van der Waals surface area (Å²) in [6.45, 7) is 3.77. The quantitative estimate of drug-likeness (QED) is 0.480. The summed E-state index contributed by atoms with van der Waals surface area (Å²) < 4.78 is 0.910. The molecular weight excluding hydrogens is 414 g/mol. The van der Waals surface area contributed by atoms with E-state index in [0.717, 1.165) is 26.5 Å². The van der Waals surface area contributed by atoms with Gasteiger partial charge >= 0.3 is 5.97 Å². The highest BCUT2D eigenvalue weighted by molar-refractivity contribution is 9.10. The smallest absolute Gasteiger partial charge is 0.336 e. The van der Waals surface area contributed by atoms with Gasteiger partial charge in [0.2, 0.25) is 0 Å². The predicted molar refractivity (Wildman–Crippen MR) is 111 cm³/mol. The molecule has 0 fully saturated rings. The average molecular weight is 431 g/mol. The van der Waals surface area contributed by atoms with Gasteiger partial charge in [0.15, 0.2) is 0 Å². The van der Waals surface area contributed by atoms with Crippen LogP contribution in [0.4, 0.5) is 0 Å². The van der Waals surface area contributed by atoms with Crippen LogP contribution in [0.1, 0.15) is 24.6 Å². The summed E-state index contributed by atoms with van der Waals surface area (Å²) in [7, 11) is 0. The first-order valence-electron chi connectivity index (χ1n) is 8.22. The van der Waals surface area contributed by atoms with Crippen LogP contribution in [0, 0.1) is 6.92 Å². The largest absolute Gasteiger partial charge is 0.478 e. The highest BCUT2D eigenvalue weighted by atomic mass is 79.9. The van der Waals surface area contributed by atoms with Crippen molar-refractivity contribution in [3.63, 3.8) is 0 Å². The number of pyridine rings is 1. The molecule has 0 aliphatic heterocycles. The van der Waals surface area contributed by atoms with Crippen LogP contribution in [0.15, 0.2) is 53.0 Å². The molecule has 3 rings (SSSR count). The standard InChI is InChI=1S/C21H17BrClNO2/c1-3-4-16(21(25)26)19-12(2)24-18-10-7-14(22)11-17(18)20(19)13-5-8-15(23)9-6-13/h4-11H,3H2,1-2H3,(H,25,26). The van der Waals surface area contributed by atoms with Crippen molar-refractivity contribution in [1.29, 1.82) is 0 Å². The number of nitrogens with zero attached hydrogens (tertiary/aromatic N) is 1. The van der Waals surface area contributed by atoms with Gasteiger partial charge in [0, 0.05) is 31.7 Å². The van der Waals surface area contributed by atoms with Gasteiger partial charge in [-0.3, -0.25) is 4.98 Å². The van der Waals surface area contributed by atoms with Crippen LogP contribution in [0.25, 0.3) is 27.6 Å². The number of halogens is 2. The fraction of sp³-hybridized carbons (Fsp3) is 0.143. The van der Waals surface area contributed by atoms with Crippen molar-refractivity contribution in [1.82, 2.24) is 4.98 Å². The molecule has 0 spiro atoms. The molecule has 5 heteroatoms. The molecule has 3 aromatic rings. The van der Waals surface area contributed by atoms with Crippen LogP contribution in [0.2, 0.25) is 5.02 Å². The molecule has 3 nitrogen and oxygen atoms in total. The maximum absolute atomic E-state index is 12.0. The lowest BCUT2D eigenvalue weighted by atomic mass is 9.89. The summed E-state index contributed by atoms with van der Waals surface area (Å²) >= 11 is 9.56. The molecule has 0 bridgehead atoms. The van der Waals surface area contributed by atoms with Crippen molar-refractivity contribution < 1.29 is 9.90 Å². The molecule has 26 heavy (non-hydrogen) atoms. The number of carbonyl (C=O) groups is 1. The minimum absolute atomic E-state index is 0.268. The van der Waals surface area contributed by atoms with E-state index in [1.54, 1.807) is 6.08 Å². The molecule has 0 saturated heterocycles. The number of fused-ring (bicyclic) bond motifs is 1. The first-order chi connectivity index (χ1) is 12.4. The molecule has 2 aromatic carbocycles. The Balaban J connectivity index is 2.48. The first kappa shape index (κ1) is 18.6. The van der Waals surface area contributed by atoms with Gasteiger partial charge in [-0.05, 0) is 49.2 Å². The normalized spacial score (nSPS) is 11.8. The van der Waals surface area contributed by atoms with Gasteiger partial charge < -0.3 is 5.11 Å². The number of aromatic nitrogens is 1. The molecule has 0 aliphatic carbocycles. The second-order valence-electron chi connectivity index (χ2n) is 5.95. The Labute approximate surface area is 165 Å². The summed E-state index contributed by atoms with van der Waals surface area (Å²) in [5.74, 6) is -0.957. The van der Waals surface area contributed by atoms with E-state index in [-0.39, 0.29) is 5.57 Å². The van der Waals surface area contributed by atoms with Crippen molar-refractivity contribution in [3.8, 4) is 11.1 Å². The van der Waals surface area contributed by atoms with E-state index in [9.17, 15) is 9.90 Å². The minimum Gasteiger partial charge on any atom is -0.478 e. The first-order valence-corrected chi connectivity index (χ1v) is 9.39. The number of hydrogen-bond donors (Lipinski definition) is 1. The number of aryl methyl sites for hydroxylation is 1. The van der Waals surface area contributed by atoms with E-state index in [0.29, 0.717) is 22.7 Å². The lowest BCUT2D eigenvalue weighted by Gasteiger charge is -2.17. The van der Waals surface area contributed by atoms with Crippen molar-refractivity contribution >= 4 is 50.0 Å². The van der Waals surface area contributed by atoms with E-state index >= 15 is 0 Å². The van der Waals surface area contributed by atoms with Crippen LogP contribution >= 0.6 is 27.5 Å². The number of rotatable bonds is 4. The van der Waals surface area contributed by atoms with Crippen molar-refractivity contribution in [2.24, 2.45) is 0 Å². The third-order valence-electron chi connectivity index (χ3n) is 4.17. The zero-order chi connectivity index (χ0) is 18.8. The van der Waals surface area contributed by atoms with Crippen LogP contribution in [0.5, 0.6) is 0 Å². The number of aliphatic carboxylic acids is 1. The fourth-order valence-electron chi connectivity index (χ4n) is 3.10.